The molecule has 0 aromatic heterocycles. The minimum Gasteiger partial charge on any atom is -0.271 e. The minimum absolute atomic E-state index is 0.0841. The summed E-state index contributed by atoms with van der Waals surface area (Å²) in [4.78, 5) is 0. The highest BCUT2D eigenvalue weighted by atomic mass is 35.5. The summed E-state index contributed by atoms with van der Waals surface area (Å²) in [5, 5.41) is 0.777. The molecule has 0 saturated heterocycles. The summed E-state index contributed by atoms with van der Waals surface area (Å²) in [6, 6.07) is 7.86. The first-order chi connectivity index (χ1) is 9.02. The van der Waals surface area contributed by atoms with Gasteiger partial charge in [-0.2, -0.15) is 0 Å². The number of nitrogens with one attached hydrogen (secondary N) is 1. The molecule has 1 atom stereocenters. The third kappa shape index (κ3) is 3.04. The molecule has 1 unspecified atom stereocenters. The van der Waals surface area contributed by atoms with Gasteiger partial charge < -0.3 is 0 Å². The molecule has 0 aliphatic rings. The van der Waals surface area contributed by atoms with Gasteiger partial charge in [-0.25, -0.2) is 14.2 Å². The molecule has 0 aliphatic carbocycles. The number of halogens is 4. The zero-order valence-corrected chi connectivity index (χ0v) is 11.1. The van der Waals surface area contributed by atoms with Gasteiger partial charge in [0.1, 0.15) is 0 Å². The fourth-order valence-corrected chi connectivity index (χ4v) is 2.39. The van der Waals surface area contributed by atoms with Gasteiger partial charge in [-0.05, 0) is 29.8 Å². The fourth-order valence-electron chi connectivity index (χ4n) is 1.85. The van der Waals surface area contributed by atoms with Gasteiger partial charge in [0.15, 0.2) is 11.6 Å². The number of nitrogens with two attached hydrogens (primary N) is 1. The van der Waals surface area contributed by atoms with E-state index in [2.05, 4.69) is 5.43 Å². The zero-order chi connectivity index (χ0) is 14.0. The van der Waals surface area contributed by atoms with Gasteiger partial charge in [-0.1, -0.05) is 35.3 Å². The van der Waals surface area contributed by atoms with E-state index in [0.717, 1.165) is 6.07 Å². The normalized spacial score (nSPS) is 12.5. The Labute approximate surface area is 119 Å². The lowest BCUT2D eigenvalue weighted by molar-refractivity contribution is 0.483. The van der Waals surface area contributed by atoms with Crippen LogP contribution in [0.25, 0.3) is 0 Å². The predicted molar refractivity (Wildman–Crippen MR) is 72.0 cm³/mol. The number of hydrogen-bond donors (Lipinski definition) is 2. The van der Waals surface area contributed by atoms with E-state index in [0.29, 0.717) is 15.6 Å². The average molecular weight is 303 g/mol. The van der Waals surface area contributed by atoms with E-state index in [4.69, 9.17) is 29.0 Å². The highest BCUT2D eigenvalue weighted by Gasteiger charge is 2.19. The van der Waals surface area contributed by atoms with E-state index < -0.39 is 17.7 Å². The molecule has 0 radical (unpaired) electrons. The molecule has 6 heteroatoms. The molecule has 0 fully saturated rings. The first kappa shape index (κ1) is 14.2. The van der Waals surface area contributed by atoms with Crippen molar-refractivity contribution in [3.05, 3.63) is 69.2 Å². The molecule has 0 heterocycles. The average Bonchev–Trinajstić information content (AvgIpc) is 2.34. The topological polar surface area (TPSA) is 38.0 Å². The second kappa shape index (κ2) is 5.84. The van der Waals surface area contributed by atoms with Crippen molar-refractivity contribution in [3.8, 4) is 0 Å². The van der Waals surface area contributed by atoms with Crippen LogP contribution in [-0.2, 0) is 0 Å². The van der Waals surface area contributed by atoms with Crippen molar-refractivity contribution >= 4 is 23.2 Å². The molecule has 0 bridgehead atoms. The number of rotatable bonds is 3. The van der Waals surface area contributed by atoms with E-state index in [1.165, 1.54) is 12.1 Å². The quantitative estimate of drug-likeness (QED) is 0.668. The van der Waals surface area contributed by atoms with E-state index in [1.54, 1.807) is 18.2 Å². The van der Waals surface area contributed by atoms with Gasteiger partial charge in [-0.15, -0.1) is 0 Å². The third-order valence-electron chi connectivity index (χ3n) is 2.68. The Morgan fingerprint density at radius 2 is 1.68 bits per heavy atom. The third-order valence-corrected chi connectivity index (χ3v) is 3.11. The maximum absolute atomic E-state index is 13.8. The molecule has 0 amide bonds. The number of hydrazine groups is 1. The summed E-state index contributed by atoms with van der Waals surface area (Å²) in [6.45, 7) is 0. The van der Waals surface area contributed by atoms with Crippen LogP contribution >= 0.6 is 23.2 Å². The molecule has 0 spiro atoms. The van der Waals surface area contributed by atoms with Crippen molar-refractivity contribution in [2.45, 2.75) is 6.04 Å². The predicted octanol–water partition coefficient (Wildman–Crippen LogP) is 3.82. The van der Waals surface area contributed by atoms with E-state index in [9.17, 15) is 8.78 Å². The van der Waals surface area contributed by atoms with Crippen molar-refractivity contribution in [3.63, 3.8) is 0 Å². The maximum Gasteiger partial charge on any atom is 0.163 e. The number of hydrogen-bond acceptors (Lipinski definition) is 2. The molecule has 0 saturated carbocycles. The Morgan fingerprint density at radius 1 is 1.05 bits per heavy atom. The van der Waals surface area contributed by atoms with E-state index >= 15 is 0 Å². The highest BCUT2D eigenvalue weighted by Crippen LogP contribution is 2.29. The van der Waals surface area contributed by atoms with Crippen molar-refractivity contribution in [1.82, 2.24) is 5.43 Å². The van der Waals surface area contributed by atoms with Crippen molar-refractivity contribution in [1.29, 1.82) is 0 Å². The lowest BCUT2D eigenvalue weighted by atomic mass is 9.98. The van der Waals surface area contributed by atoms with Gasteiger partial charge >= 0.3 is 0 Å². The summed E-state index contributed by atoms with van der Waals surface area (Å²) in [5.74, 6) is 3.53. The maximum atomic E-state index is 13.8. The molecule has 2 rings (SSSR count). The molecular formula is C13H10Cl2F2N2. The largest absolute Gasteiger partial charge is 0.271 e. The van der Waals surface area contributed by atoms with Crippen LogP contribution in [0.4, 0.5) is 8.78 Å². The summed E-state index contributed by atoms with van der Waals surface area (Å²) in [6.07, 6.45) is 0. The highest BCUT2D eigenvalue weighted by molar-refractivity contribution is 6.34. The molecule has 0 aliphatic heterocycles. The SMILES string of the molecule is NNC(c1cc(Cl)cc(Cl)c1)c1cccc(F)c1F. The van der Waals surface area contributed by atoms with Crippen LogP contribution in [0.1, 0.15) is 17.2 Å². The van der Waals surface area contributed by atoms with E-state index in [1.807, 2.05) is 0 Å². The lowest BCUT2D eigenvalue weighted by Crippen LogP contribution is -2.29. The van der Waals surface area contributed by atoms with Crippen molar-refractivity contribution in [2.24, 2.45) is 5.84 Å². The Kier molecular flexibility index (Phi) is 4.37. The second-order valence-electron chi connectivity index (χ2n) is 3.95. The molecule has 2 aromatic rings. The van der Waals surface area contributed by atoms with Crippen LogP contribution in [0.2, 0.25) is 10.0 Å². The van der Waals surface area contributed by atoms with Crippen LogP contribution in [0.5, 0.6) is 0 Å². The van der Waals surface area contributed by atoms with Gasteiger partial charge in [-0.3, -0.25) is 5.84 Å². The molecule has 100 valence electrons. The molecule has 3 N–H and O–H groups in total. The van der Waals surface area contributed by atoms with Gasteiger partial charge in [0.05, 0.1) is 6.04 Å². The van der Waals surface area contributed by atoms with Crippen LogP contribution in [0.15, 0.2) is 36.4 Å². The Morgan fingerprint density at radius 3 is 2.26 bits per heavy atom. The summed E-state index contributed by atoms with van der Waals surface area (Å²) in [5.41, 5.74) is 3.06. The summed E-state index contributed by atoms with van der Waals surface area (Å²) >= 11 is 11.8. The smallest absolute Gasteiger partial charge is 0.163 e. The lowest BCUT2D eigenvalue weighted by Gasteiger charge is -2.18. The fraction of sp³-hybridized carbons (Fsp3) is 0.0769. The first-order valence-corrected chi connectivity index (χ1v) is 6.14. The van der Waals surface area contributed by atoms with Crippen LogP contribution in [0, 0.1) is 11.6 Å². The Balaban J connectivity index is 2.53. The van der Waals surface area contributed by atoms with Gasteiger partial charge in [0.25, 0.3) is 0 Å². The van der Waals surface area contributed by atoms with Gasteiger partial charge in [0, 0.05) is 15.6 Å². The number of benzene rings is 2. The first-order valence-electron chi connectivity index (χ1n) is 5.39. The van der Waals surface area contributed by atoms with Crippen LogP contribution in [-0.4, -0.2) is 0 Å². The van der Waals surface area contributed by atoms with E-state index in [-0.39, 0.29) is 5.56 Å². The summed E-state index contributed by atoms with van der Waals surface area (Å²) < 4.78 is 27.0. The zero-order valence-electron chi connectivity index (χ0n) is 9.63. The monoisotopic (exact) mass is 302 g/mol. The molecule has 19 heavy (non-hydrogen) atoms. The van der Waals surface area contributed by atoms with Crippen LogP contribution in [0.3, 0.4) is 0 Å². The standard InChI is InChI=1S/C13H10Cl2F2N2/c14-8-4-7(5-9(15)6-8)13(19-18)10-2-1-3-11(16)12(10)17/h1-6,13,19H,18H2. The summed E-state index contributed by atoms with van der Waals surface area (Å²) in [7, 11) is 0. The second-order valence-corrected chi connectivity index (χ2v) is 4.82. The van der Waals surface area contributed by atoms with Crippen LogP contribution < -0.4 is 11.3 Å². The van der Waals surface area contributed by atoms with Gasteiger partial charge in [0.2, 0.25) is 0 Å². The Bertz CT molecular complexity index is 585. The Hall–Kier alpha value is -1.20. The molecule has 2 aromatic carbocycles. The molecule has 2 nitrogen and oxygen atoms in total. The van der Waals surface area contributed by atoms with Crippen molar-refractivity contribution in [2.75, 3.05) is 0 Å². The van der Waals surface area contributed by atoms with Crippen molar-refractivity contribution < 1.29 is 8.78 Å². The molecular weight excluding hydrogens is 293 g/mol. The minimum atomic E-state index is -0.957.